The highest BCUT2D eigenvalue weighted by atomic mass is 35.5. The lowest BCUT2D eigenvalue weighted by molar-refractivity contribution is 0.0945. The Morgan fingerprint density at radius 2 is 1.73 bits per heavy atom. The van der Waals surface area contributed by atoms with Crippen molar-refractivity contribution in [2.75, 3.05) is 43.9 Å². The molecule has 4 nitrogen and oxygen atoms in total. The molecule has 118 valence electrons. The Morgan fingerprint density at radius 3 is 2.32 bits per heavy atom. The van der Waals surface area contributed by atoms with Gasteiger partial charge in [-0.2, -0.15) is 5.26 Å². The number of halogens is 1. The predicted octanol–water partition coefficient (Wildman–Crippen LogP) is 3.11. The molecule has 0 radical (unpaired) electrons. The van der Waals surface area contributed by atoms with E-state index in [0.29, 0.717) is 21.7 Å². The summed E-state index contributed by atoms with van der Waals surface area (Å²) in [7, 11) is 2.20. The van der Waals surface area contributed by atoms with Crippen molar-refractivity contribution in [2.45, 2.75) is 25.7 Å². The minimum atomic E-state index is 0.496. The van der Waals surface area contributed by atoms with E-state index in [9.17, 15) is 5.26 Å². The van der Waals surface area contributed by atoms with Crippen LogP contribution in [0.25, 0.3) is 0 Å². The Kier molecular flexibility index (Phi) is 4.20. The van der Waals surface area contributed by atoms with E-state index in [1.807, 2.05) is 0 Å². The van der Waals surface area contributed by atoms with Crippen LogP contribution in [0.5, 0.6) is 0 Å². The zero-order valence-electron chi connectivity index (χ0n) is 13.1. The van der Waals surface area contributed by atoms with Crippen molar-refractivity contribution in [1.29, 1.82) is 5.26 Å². The maximum atomic E-state index is 9.37. The van der Waals surface area contributed by atoms with Gasteiger partial charge in [-0.25, -0.2) is 0 Å². The van der Waals surface area contributed by atoms with Crippen LogP contribution in [0, 0.1) is 16.7 Å². The van der Waals surface area contributed by atoms with Gasteiger partial charge in [-0.3, -0.25) is 0 Å². The van der Waals surface area contributed by atoms with E-state index >= 15 is 0 Å². The number of nitriles is 1. The van der Waals surface area contributed by atoms with Gasteiger partial charge in [-0.15, -0.1) is 0 Å². The van der Waals surface area contributed by atoms with Crippen LogP contribution in [0.15, 0.2) is 12.1 Å². The molecule has 0 unspecified atom stereocenters. The number of nitrogens with zero attached hydrogens (tertiary/aromatic N) is 3. The van der Waals surface area contributed by atoms with E-state index in [1.165, 1.54) is 38.8 Å². The Labute approximate surface area is 137 Å². The van der Waals surface area contributed by atoms with Crippen LogP contribution >= 0.6 is 11.6 Å². The highest BCUT2D eigenvalue weighted by Crippen LogP contribution is 2.43. The van der Waals surface area contributed by atoms with Gasteiger partial charge in [-0.05, 0) is 63.4 Å². The van der Waals surface area contributed by atoms with Gasteiger partial charge >= 0.3 is 0 Å². The molecule has 0 bridgehead atoms. The second-order valence-corrected chi connectivity index (χ2v) is 7.21. The normalized spacial score (nSPS) is 21.8. The summed E-state index contributed by atoms with van der Waals surface area (Å²) in [5.74, 6) is 0. The van der Waals surface area contributed by atoms with E-state index in [1.54, 1.807) is 12.1 Å². The summed E-state index contributed by atoms with van der Waals surface area (Å²) in [6.45, 7) is 4.35. The summed E-state index contributed by atoms with van der Waals surface area (Å²) in [5, 5.41) is 9.97. The molecule has 2 fully saturated rings. The van der Waals surface area contributed by atoms with Gasteiger partial charge in [0.25, 0.3) is 0 Å². The lowest BCUT2D eigenvalue weighted by atomic mass is 9.71. The third-order valence-electron chi connectivity index (χ3n) is 5.39. The number of rotatable bonds is 1. The quantitative estimate of drug-likeness (QED) is 0.808. The number of hydrogen-bond acceptors (Lipinski definition) is 4. The molecule has 1 spiro atoms. The molecule has 22 heavy (non-hydrogen) atoms. The van der Waals surface area contributed by atoms with Crippen molar-refractivity contribution in [3.8, 4) is 6.07 Å². The smallest absolute Gasteiger partial charge is 0.101 e. The SMILES string of the molecule is CN1CCC2(CC1)CCN(c1c(Cl)cc(N)cc1C#N)CC2. The molecule has 2 aliphatic heterocycles. The molecule has 0 aromatic heterocycles. The number of anilines is 2. The highest BCUT2D eigenvalue weighted by Gasteiger charge is 2.37. The van der Waals surface area contributed by atoms with Crippen LogP contribution in [0.2, 0.25) is 5.02 Å². The van der Waals surface area contributed by atoms with E-state index in [4.69, 9.17) is 17.3 Å². The van der Waals surface area contributed by atoms with Crippen LogP contribution in [-0.4, -0.2) is 38.1 Å². The van der Waals surface area contributed by atoms with Crippen molar-refractivity contribution in [3.05, 3.63) is 22.7 Å². The van der Waals surface area contributed by atoms with Crippen molar-refractivity contribution in [1.82, 2.24) is 4.90 Å². The standard InChI is InChI=1S/C17H23ClN4/c1-21-6-2-17(3-7-21)4-8-22(9-5-17)16-13(12-19)10-14(20)11-15(16)18/h10-11H,2-9,20H2,1H3. The first-order valence-corrected chi connectivity index (χ1v) is 8.33. The third-order valence-corrected chi connectivity index (χ3v) is 5.68. The maximum Gasteiger partial charge on any atom is 0.101 e. The van der Waals surface area contributed by atoms with E-state index < -0.39 is 0 Å². The average molecular weight is 319 g/mol. The molecule has 0 atom stereocenters. The topological polar surface area (TPSA) is 56.3 Å². The Hall–Kier alpha value is -1.44. The van der Waals surface area contributed by atoms with Gasteiger partial charge < -0.3 is 15.5 Å². The largest absolute Gasteiger partial charge is 0.399 e. The van der Waals surface area contributed by atoms with Gasteiger partial charge in [0.15, 0.2) is 0 Å². The number of hydrogen-bond donors (Lipinski definition) is 1. The molecule has 3 rings (SSSR count). The molecule has 2 N–H and O–H groups in total. The number of nitrogen functional groups attached to an aromatic ring is 1. The number of piperidine rings is 2. The summed E-state index contributed by atoms with van der Waals surface area (Å²) in [6.07, 6.45) is 4.95. The van der Waals surface area contributed by atoms with Gasteiger partial charge in [-0.1, -0.05) is 11.6 Å². The lowest BCUT2D eigenvalue weighted by Gasteiger charge is -2.47. The summed E-state index contributed by atoms with van der Waals surface area (Å²) in [4.78, 5) is 4.69. The second kappa shape index (κ2) is 5.98. The Morgan fingerprint density at radius 1 is 1.14 bits per heavy atom. The number of nitrogens with two attached hydrogens (primary N) is 1. The number of likely N-dealkylation sites (tertiary alicyclic amines) is 1. The minimum absolute atomic E-state index is 0.496. The molecule has 1 aromatic rings. The second-order valence-electron chi connectivity index (χ2n) is 6.80. The van der Waals surface area contributed by atoms with Gasteiger partial charge in [0, 0.05) is 18.8 Å². The molecular formula is C17H23ClN4. The Bertz CT molecular complexity index is 589. The van der Waals surface area contributed by atoms with Crippen LogP contribution in [-0.2, 0) is 0 Å². The first kappa shape index (κ1) is 15.5. The van der Waals surface area contributed by atoms with Gasteiger partial charge in [0.1, 0.15) is 6.07 Å². The van der Waals surface area contributed by atoms with Crippen LogP contribution in [0.3, 0.4) is 0 Å². The van der Waals surface area contributed by atoms with Crippen molar-refractivity contribution < 1.29 is 0 Å². The van der Waals surface area contributed by atoms with Gasteiger partial charge in [0.05, 0.1) is 16.3 Å². The van der Waals surface area contributed by atoms with Crippen LogP contribution in [0.4, 0.5) is 11.4 Å². The highest BCUT2D eigenvalue weighted by molar-refractivity contribution is 6.33. The zero-order chi connectivity index (χ0) is 15.7. The fraction of sp³-hybridized carbons (Fsp3) is 0.588. The van der Waals surface area contributed by atoms with E-state index in [0.717, 1.165) is 18.8 Å². The molecule has 0 amide bonds. The van der Waals surface area contributed by atoms with Crippen molar-refractivity contribution in [2.24, 2.45) is 5.41 Å². The third kappa shape index (κ3) is 2.88. The minimum Gasteiger partial charge on any atom is -0.399 e. The summed E-state index contributed by atoms with van der Waals surface area (Å²) in [5.41, 5.74) is 8.30. The summed E-state index contributed by atoms with van der Waals surface area (Å²) >= 11 is 6.36. The molecule has 2 saturated heterocycles. The summed E-state index contributed by atoms with van der Waals surface area (Å²) < 4.78 is 0. The summed E-state index contributed by atoms with van der Waals surface area (Å²) in [6, 6.07) is 5.71. The number of benzene rings is 1. The van der Waals surface area contributed by atoms with E-state index in [-0.39, 0.29) is 0 Å². The molecule has 2 aliphatic rings. The van der Waals surface area contributed by atoms with Crippen LogP contribution < -0.4 is 10.6 Å². The molecule has 0 saturated carbocycles. The fourth-order valence-corrected chi connectivity index (χ4v) is 4.17. The lowest BCUT2D eigenvalue weighted by Crippen LogP contribution is -2.46. The van der Waals surface area contributed by atoms with Crippen molar-refractivity contribution in [3.63, 3.8) is 0 Å². The maximum absolute atomic E-state index is 9.37. The van der Waals surface area contributed by atoms with E-state index in [2.05, 4.69) is 22.9 Å². The fourth-order valence-electron chi connectivity index (χ4n) is 3.82. The first-order chi connectivity index (χ1) is 10.5. The predicted molar refractivity (Wildman–Crippen MR) is 91.2 cm³/mol. The zero-order valence-corrected chi connectivity index (χ0v) is 13.9. The molecule has 0 aliphatic carbocycles. The van der Waals surface area contributed by atoms with Crippen molar-refractivity contribution >= 4 is 23.0 Å². The molecule has 5 heteroatoms. The Balaban J connectivity index is 1.76. The molecule has 2 heterocycles. The molecule has 1 aromatic carbocycles. The van der Waals surface area contributed by atoms with Crippen LogP contribution in [0.1, 0.15) is 31.2 Å². The molecular weight excluding hydrogens is 296 g/mol. The first-order valence-electron chi connectivity index (χ1n) is 7.96. The average Bonchev–Trinajstić information content (AvgIpc) is 2.51. The monoisotopic (exact) mass is 318 g/mol. The van der Waals surface area contributed by atoms with Gasteiger partial charge in [0.2, 0.25) is 0 Å².